The van der Waals surface area contributed by atoms with Crippen LogP contribution >= 0.6 is 0 Å². The molecule has 1 saturated carbocycles. The maximum atomic E-state index is 14.1. The van der Waals surface area contributed by atoms with Crippen LogP contribution in [0.2, 0.25) is 0 Å². The van der Waals surface area contributed by atoms with Gasteiger partial charge >= 0.3 is 6.18 Å². The molecule has 1 unspecified atom stereocenters. The molecule has 0 bridgehead atoms. The number of carbonyl (C=O) groups is 2. The van der Waals surface area contributed by atoms with Gasteiger partial charge in [0.2, 0.25) is 17.8 Å². The van der Waals surface area contributed by atoms with E-state index in [1.807, 2.05) is 4.90 Å². The molecular weight excluding hydrogens is 530 g/mol. The zero-order chi connectivity index (χ0) is 28.2. The van der Waals surface area contributed by atoms with Gasteiger partial charge < -0.3 is 16.0 Å². The summed E-state index contributed by atoms with van der Waals surface area (Å²) in [5.74, 6) is -1.32. The minimum absolute atomic E-state index is 0.0494. The van der Waals surface area contributed by atoms with Crippen LogP contribution in [0.15, 0.2) is 30.5 Å². The summed E-state index contributed by atoms with van der Waals surface area (Å²) >= 11 is 0. The molecule has 210 valence electrons. The van der Waals surface area contributed by atoms with E-state index in [0.29, 0.717) is 23.8 Å². The number of piperidine rings is 1. The zero-order valence-electron chi connectivity index (χ0n) is 21.4. The zero-order valence-corrected chi connectivity index (χ0v) is 21.4. The number of nitrogens with one attached hydrogen (secondary N) is 1. The molecule has 0 radical (unpaired) electrons. The summed E-state index contributed by atoms with van der Waals surface area (Å²) in [5, 5.41) is 3.30. The molecule has 2 fully saturated rings. The predicted molar refractivity (Wildman–Crippen MR) is 136 cm³/mol. The lowest BCUT2D eigenvalue weighted by Gasteiger charge is -2.33. The fraction of sp³-hybridized carbons (Fsp3) is 0.444. The van der Waals surface area contributed by atoms with Crippen molar-refractivity contribution in [3.8, 4) is 17.2 Å². The molecule has 1 aromatic carbocycles. The molecule has 3 heterocycles. The largest absolute Gasteiger partial charge is 0.419 e. The first-order chi connectivity index (χ1) is 19.1. The molecule has 2 amide bonds. The number of primary amides is 1. The monoisotopic (exact) mass is 557 g/mol. The van der Waals surface area contributed by atoms with Gasteiger partial charge in [-0.25, -0.2) is 14.4 Å². The number of benzene rings is 1. The third-order valence-corrected chi connectivity index (χ3v) is 7.73. The number of halogens is 4. The van der Waals surface area contributed by atoms with Crippen LogP contribution in [0.25, 0.3) is 17.2 Å². The average Bonchev–Trinajstić information content (AvgIpc) is 3.58. The van der Waals surface area contributed by atoms with E-state index in [4.69, 9.17) is 5.73 Å². The Kier molecular flexibility index (Phi) is 6.46. The lowest BCUT2D eigenvalue weighted by Crippen LogP contribution is -2.45. The molecule has 2 aromatic heterocycles. The Bertz CT molecular complexity index is 1480. The quantitative estimate of drug-likeness (QED) is 0.448. The fourth-order valence-corrected chi connectivity index (χ4v) is 5.54. The number of imidazole rings is 1. The van der Waals surface area contributed by atoms with Crippen LogP contribution in [0.1, 0.15) is 42.6 Å². The number of alkyl halides is 3. The van der Waals surface area contributed by atoms with Gasteiger partial charge in [0.05, 0.1) is 11.3 Å². The van der Waals surface area contributed by atoms with E-state index in [1.54, 1.807) is 10.6 Å². The Morgan fingerprint density at radius 1 is 1.05 bits per heavy atom. The van der Waals surface area contributed by atoms with Crippen molar-refractivity contribution in [3.05, 3.63) is 53.2 Å². The van der Waals surface area contributed by atoms with E-state index in [9.17, 15) is 27.2 Å². The summed E-state index contributed by atoms with van der Waals surface area (Å²) in [6, 6.07) is 4.25. The molecule has 2 aliphatic carbocycles. The highest BCUT2D eigenvalue weighted by Gasteiger charge is 2.37. The Morgan fingerprint density at radius 2 is 1.85 bits per heavy atom. The van der Waals surface area contributed by atoms with E-state index in [0.717, 1.165) is 44.4 Å². The molecule has 1 aliphatic heterocycles. The molecule has 3 aromatic rings. The summed E-state index contributed by atoms with van der Waals surface area (Å²) in [5.41, 5.74) is 5.30. The smallest absolute Gasteiger partial charge is 0.369 e. The summed E-state index contributed by atoms with van der Waals surface area (Å²) < 4.78 is 56.1. The van der Waals surface area contributed by atoms with Crippen molar-refractivity contribution >= 4 is 17.8 Å². The minimum Gasteiger partial charge on any atom is -0.369 e. The molecular formula is C27H27F4N7O2. The molecule has 9 nitrogen and oxygen atoms in total. The summed E-state index contributed by atoms with van der Waals surface area (Å²) in [6.45, 7) is 1.25. The number of fused-ring (bicyclic) bond motifs is 1. The van der Waals surface area contributed by atoms with Crippen LogP contribution in [0.3, 0.4) is 0 Å². The number of carbonyl (C=O) groups excluding carboxylic acids is 2. The van der Waals surface area contributed by atoms with Crippen molar-refractivity contribution in [2.75, 3.05) is 18.4 Å². The second kappa shape index (κ2) is 9.86. The van der Waals surface area contributed by atoms with Crippen LogP contribution < -0.4 is 11.1 Å². The molecule has 1 saturated heterocycles. The molecule has 40 heavy (non-hydrogen) atoms. The number of rotatable bonds is 6. The first-order valence-electron chi connectivity index (χ1n) is 13.2. The third kappa shape index (κ3) is 5.00. The van der Waals surface area contributed by atoms with E-state index in [2.05, 4.69) is 20.3 Å². The van der Waals surface area contributed by atoms with Gasteiger partial charge in [0.1, 0.15) is 17.5 Å². The highest BCUT2D eigenvalue weighted by molar-refractivity contribution is 5.81. The summed E-state index contributed by atoms with van der Waals surface area (Å²) in [6.07, 6.45) is 0.636. The van der Waals surface area contributed by atoms with Crippen LogP contribution in [0.5, 0.6) is 0 Å². The number of hydrogen-bond donors (Lipinski definition) is 2. The van der Waals surface area contributed by atoms with E-state index in [-0.39, 0.29) is 48.0 Å². The molecule has 13 heteroatoms. The highest BCUT2D eigenvalue weighted by Crippen LogP contribution is 2.38. The number of anilines is 1. The first kappa shape index (κ1) is 26.2. The SMILES string of the molecule is NC(=O)C1Cc2nc(-c3ccc(F)c(C(F)(F)F)c3)n(-c3ccnc(N[C@H]4CCCN(C(=O)C5CC5)C4)n3)c2C1. The van der Waals surface area contributed by atoms with Crippen molar-refractivity contribution in [1.29, 1.82) is 0 Å². The Labute approximate surface area is 226 Å². The number of nitrogens with zero attached hydrogens (tertiary/aromatic N) is 5. The Balaban J connectivity index is 1.35. The van der Waals surface area contributed by atoms with Crippen molar-refractivity contribution in [1.82, 2.24) is 24.4 Å². The van der Waals surface area contributed by atoms with Gasteiger partial charge in [-0.05, 0) is 49.9 Å². The maximum absolute atomic E-state index is 14.1. The molecule has 3 aliphatic rings. The van der Waals surface area contributed by atoms with Crippen LogP contribution in [0.4, 0.5) is 23.5 Å². The number of aromatic nitrogens is 4. The fourth-order valence-electron chi connectivity index (χ4n) is 5.54. The summed E-state index contributed by atoms with van der Waals surface area (Å²) in [7, 11) is 0. The second-order valence-corrected chi connectivity index (χ2v) is 10.6. The van der Waals surface area contributed by atoms with E-state index >= 15 is 0 Å². The molecule has 0 spiro atoms. The number of likely N-dealkylation sites (tertiary alicyclic amines) is 1. The second-order valence-electron chi connectivity index (χ2n) is 10.6. The van der Waals surface area contributed by atoms with E-state index < -0.39 is 29.4 Å². The lowest BCUT2D eigenvalue weighted by molar-refractivity contribution is -0.140. The average molecular weight is 558 g/mol. The van der Waals surface area contributed by atoms with Crippen LogP contribution in [-0.2, 0) is 28.6 Å². The van der Waals surface area contributed by atoms with Crippen LogP contribution in [-0.4, -0.2) is 55.4 Å². The van der Waals surface area contributed by atoms with Crippen molar-refractivity contribution in [2.45, 2.75) is 50.7 Å². The van der Waals surface area contributed by atoms with Gasteiger partial charge in [0.25, 0.3) is 0 Å². The Morgan fingerprint density at radius 3 is 2.58 bits per heavy atom. The first-order valence-corrected chi connectivity index (χ1v) is 13.2. The number of amides is 2. The predicted octanol–water partition coefficient (Wildman–Crippen LogP) is 3.50. The van der Waals surface area contributed by atoms with Gasteiger partial charge in [-0.2, -0.15) is 18.2 Å². The molecule has 6 rings (SSSR count). The highest BCUT2D eigenvalue weighted by atomic mass is 19.4. The Hall–Kier alpha value is -4.03. The van der Waals surface area contributed by atoms with E-state index in [1.165, 1.54) is 12.3 Å². The molecule has 3 N–H and O–H groups in total. The van der Waals surface area contributed by atoms with Gasteiger partial charge in [0, 0.05) is 61.3 Å². The topological polar surface area (TPSA) is 119 Å². The van der Waals surface area contributed by atoms with Crippen LogP contribution in [0, 0.1) is 17.7 Å². The standard InChI is InChI=1S/C27H27F4N7O2/c28-19-6-5-15(10-18(19)27(29,30)31)24-35-20-11-16(23(32)39)12-21(20)38(24)22-7-8-33-26(36-22)34-17-2-1-9-37(13-17)25(40)14-3-4-14/h5-8,10,14,16-17H,1-4,9,11-13H2,(H2,32,39)(H,33,34,36)/t16?,17-/m0/s1. The van der Waals surface area contributed by atoms with Crippen molar-refractivity contribution in [3.63, 3.8) is 0 Å². The van der Waals surface area contributed by atoms with Gasteiger partial charge in [-0.3, -0.25) is 14.2 Å². The van der Waals surface area contributed by atoms with Gasteiger partial charge in [-0.15, -0.1) is 0 Å². The number of nitrogens with two attached hydrogens (primary N) is 1. The molecule has 2 atom stereocenters. The van der Waals surface area contributed by atoms with Crippen molar-refractivity contribution in [2.24, 2.45) is 17.6 Å². The normalized spacial score (nSPS) is 20.9. The van der Waals surface area contributed by atoms with Gasteiger partial charge in [-0.1, -0.05) is 0 Å². The van der Waals surface area contributed by atoms with Gasteiger partial charge in [0.15, 0.2) is 0 Å². The minimum atomic E-state index is -4.89. The number of hydrogen-bond acceptors (Lipinski definition) is 6. The third-order valence-electron chi connectivity index (χ3n) is 7.73. The summed E-state index contributed by atoms with van der Waals surface area (Å²) in [4.78, 5) is 39.9. The van der Waals surface area contributed by atoms with Crippen molar-refractivity contribution < 1.29 is 27.2 Å². The lowest BCUT2D eigenvalue weighted by atomic mass is 10.1. The maximum Gasteiger partial charge on any atom is 0.419 e.